The molecule has 0 saturated carbocycles. The summed E-state index contributed by atoms with van der Waals surface area (Å²) in [5.74, 6) is 2.02. The Bertz CT molecular complexity index is 726. The molecule has 3 aromatic heterocycles. The summed E-state index contributed by atoms with van der Waals surface area (Å²) in [6.07, 6.45) is 8.10. The first-order valence-electron chi connectivity index (χ1n) is 7.16. The fourth-order valence-electron chi connectivity index (χ4n) is 1.94. The van der Waals surface area contributed by atoms with Gasteiger partial charge in [-0.3, -0.25) is 4.98 Å². The van der Waals surface area contributed by atoms with Crippen molar-refractivity contribution in [1.82, 2.24) is 19.5 Å². The Morgan fingerprint density at radius 1 is 1.18 bits per heavy atom. The van der Waals surface area contributed by atoms with Crippen LogP contribution in [0.2, 0.25) is 0 Å². The molecule has 22 heavy (non-hydrogen) atoms. The van der Waals surface area contributed by atoms with Crippen molar-refractivity contribution in [3.63, 3.8) is 0 Å². The topological polar surface area (TPSA) is 64.9 Å². The summed E-state index contributed by atoms with van der Waals surface area (Å²) >= 11 is 0. The number of imidazole rings is 1. The molecule has 6 heteroatoms. The Kier molecular flexibility index (Phi) is 4.29. The van der Waals surface area contributed by atoms with Gasteiger partial charge in [0.25, 0.3) is 0 Å². The van der Waals surface area contributed by atoms with Gasteiger partial charge in [0, 0.05) is 12.3 Å². The molecule has 0 aliphatic carbocycles. The lowest BCUT2D eigenvalue weighted by molar-refractivity contribution is 0.306. The lowest BCUT2D eigenvalue weighted by Crippen LogP contribution is -1.99. The first kappa shape index (κ1) is 14.1. The van der Waals surface area contributed by atoms with Crippen LogP contribution in [-0.4, -0.2) is 26.1 Å². The average molecular weight is 295 g/mol. The van der Waals surface area contributed by atoms with E-state index in [9.17, 15) is 0 Å². The molecule has 0 spiro atoms. The smallest absolute Gasteiger partial charge is 0.215 e. The molecular weight excluding hydrogens is 278 g/mol. The number of hydrogen-bond donors (Lipinski definition) is 1. The lowest BCUT2D eigenvalue weighted by Gasteiger charge is -2.06. The largest absolute Gasteiger partial charge is 0.478 e. The maximum absolute atomic E-state index is 5.52. The molecule has 0 amide bonds. The van der Waals surface area contributed by atoms with Crippen LogP contribution in [0.4, 0.5) is 11.6 Å². The van der Waals surface area contributed by atoms with Gasteiger partial charge in [-0.25, -0.2) is 4.98 Å². The maximum atomic E-state index is 5.52. The Hall–Kier alpha value is -2.89. The van der Waals surface area contributed by atoms with Crippen molar-refractivity contribution in [3.8, 4) is 11.6 Å². The van der Waals surface area contributed by atoms with E-state index in [0.717, 1.165) is 12.1 Å². The zero-order valence-corrected chi connectivity index (χ0v) is 12.3. The third-order valence-electron chi connectivity index (χ3n) is 2.96. The highest BCUT2D eigenvalue weighted by atomic mass is 16.5. The van der Waals surface area contributed by atoms with Crippen molar-refractivity contribution >= 4 is 11.6 Å². The number of aromatic nitrogens is 4. The van der Waals surface area contributed by atoms with Gasteiger partial charge < -0.3 is 14.6 Å². The second-order valence-electron chi connectivity index (χ2n) is 4.71. The van der Waals surface area contributed by atoms with Gasteiger partial charge >= 0.3 is 0 Å². The summed E-state index contributed by atoms with van der Waals surface area (Å²) in [5, 5.41) is 3.17. The molecule has 112 valence electrons. The van der Waals surface area contributed by atoms with Crippen molar-refractivity contribution in [1.29, 1.82) is 0 Å². The Morgan fingerprint density at radius 3 is 2.95 bits per heavy atom. The highest BCUT2D eigenvalue weighted by Crippen LogP contribution is 2.17. The highest BCUT2D eigenvalue weighted by molar-refractivity contribution is 5.52. The summed E-state index contributed by atoms with van der Waals surface area (Å²) in [6, 6.07) is 9.48. The molecule has 3 rings (SSSR count). The van der Waals surface area contributed by atoms with Gasteiger partial charge in [0.05, 0.1) is 24.7 Å². The predicted molar refractivity (Wildman–Crippen MR) is 84.7 cm³/mol. The van der Waals surface area contributed by atoms with Crippen molar-refractivity contribution in [2.24, 2.45) is 0 Å². The average Bonchev–Trinajstić information content (AvgIpc) is 3.03. The van der Waals surface area contributed by atoms with Crippen LogP contribution in [-0.2, 0) is 0 Å². The lowest BCUT2D eigenvalue weighted by atomic mass is 10.4. The van der Waals surface area contributed by atoms with Gasteiger partial charge in [-0.15, -0.1) is 0 Å². The molecule has 0 aliphatic heterocycles. The van der Waals surface area contributed by atoms with Crippen molar-refractivity contribution < 1.29 is 4.74 Å². The number of pyridine rings is 2. The molecule has 3 aromatic rings. The van der Waals surface area contributed by atoms with Crippen LogP contribution in [0.25, 0.3) is 5.69 Å². The fourth-order valence-corrected chi connectivity index (χ4v) is 1.94. The van der Waals surface area contributed by atoms with Crippen LogP contribution in [0.1, 0.15) is 13.3 Å². The molecule has 0 aliphatic rings. The number of anilines is 2. The first-order valence-corrected chi connectivity index (χ1v) is 7.16. The van der Waals surface area contributed by atoms with Gasteiger partial charge in [-0.05, 0) is 24.6 Å². The fraction of sp³-hybridized carbons (Fsp3) is 0.188. The number of ether oxygens (including phenoxy) is 1. The van der Waals surface area contributed by atoms with E-state index in [1.54, 1.807) is 18.7 Å². The van der Waals surface area contributed by atoms with Crippen molar-refractivity contribution in [2.75, 3.05) is 11.9 Å². The number of nitrogens with zero attached hydrogens (tertiary/aromatic N) is 4. The molecule has 1 N–H and O–H groups in total. The highest BCUT2D eigenvalue weighted by Gasteiger charge is 2.03. The van der Waals surface area contributed by atoms with Crippen LogP contribution in [0.5, 0.6) is 5.88 Å². The second kappa shape index (κ2) is 6.71. The second-order valence-corrected chi connectivity index (χ2v) is 4.71. The molecule has 0 saturated heterocycles. The monoisotopic (exact) mass is 295 g/mol. The van der Waals surface area contributed by atoms with E-state index >= 15 is 0 Å². The molecule has 0 atom stereocenters. The van der Waals surface area contributed by atoms with E-state index in [2.05, 4.69) is 27.2 Å². The van der Waals surface area contributed by atoms with Crippen LogP contribution >= 0.6 is 0 Å². The van der Waals surface area contributed by atoms with Crippen LogP contribution in [0.15, 0.2) is 55.2 Å². The Balaban J connectivity index is 1.72. The molecule has 0 aromatic carbocycles. The third kappa shape index (κ3) is 3.41. The summed E-state index contributed by atoms with van der Waals surface area (Å²) in [7, 11) is 0. The van der Waals surface area contributed by atoms with E-state index in [0.29, 0.717) is 24.1 Å². The molecule has 6 nitrogen and oxygen atoms in total. The molecule has 0 bridgehead atoms. The number of rotatable bonds is 6. The summed E-state index contributed by atoms with van der Waals surface area (Å²) in [5.41, 5.74) is 0.955. The normalized spacial score (nSPS) is 10.4. The van der Waals surface area contributed by atoms with E-state index in [1.165, 1.54) is 0 Å². The minimum absolute atomic E-state index is 0.610. The van der Waals surface area contributed by atoms with Gasteiger partial charge in [0.1, 0.15) is 18.0 Å². The Labute approximate surface area is 128 Å². The zero-order valence-electron chi connectivity index (χ0n) is 12.3. The predicted octanol–water partition coefficient (Wildman–Crippen LogP) is 3.19. The van der Waals surface area contributed by atoms with Crippen LogP contribution in [0.3, 0.4) is 0 Å². The summed E-state index contributed by atoms with van der Waals surface area (Å²) < 4.78 is 7.42. The van der Waals surface area contributed by atoms with E-state index in [1.807, 2.05) is 41.1 Å². The van der Waals surface area contributed by atoms with Crippen molar-refractivity contribution in [3.05, 3.63) is 55.2 Å². The van der Waals surface area contributed by atoms with E-state index in [4.69, 9.17) is 4.74 Å². The van der Waals surface area contributed by atoms with E-state index in [-0.39, 0.29) is 0 Å². The molecular formula is C16H17N5O. The first-order chi connectivity index (χ1) is 10.8. The van der Waals surface area contributed by atoms with Gasteiger partial charge in [-0.2, -0.15) is 4.98 Å². The molecule has 0 radical (unpaired) electrons. The van der Waals surface area contributed by atoms with Crippen LogP contribution < -0.4 is 10.1 Å². The van der Waals surface area contributed by atoms with Gasteiger partial charge in [-0.1, -0.05) is 13.0 Å². The summed E-state index contributed by atoms with van der Waals surface area (Å²) in [4.78, 5) is 12.8. The van der Waals surface area contributed by atoms with E-state index < -0.39 is 0 Å². The SMILES string of the molecule is CCCOc1cccc(Nc2cn(-c3cccnc3)cn2)n1. The molecule has 3 heterocycles. The minimum Gasteiger partial charge on any atom is -0.478 e. The Morgan fingerprint density at radius 2 is 2.14 bits per heavy atom. The zero-order chi connectivity index (χ0) is 15.2. The van der Waals surface area contributed by atoms with Gasteiger partial charge in [0.2, 0.25) is 5.88 Å². The van der Waals surface area contributed by atoms with Gasteiger partial charge in [0.15, 0.2) is 0 Å². The minimum atomic E-state index is 0.610. The number of nitrogens with one attached hydrogen (secondary N) is 1. The van der Waals surface area contributed by atoms with Crippen LogP contribution in [0, 0.1) is 0 Å². The number of hydrogen-bond acceptors (Lipinski definition) is 5. The quantitative estimate of drug-likeness (QED) is 0.756. The molecule has 0 fully saturated rings. The standard InChI is InChI=1S/C16H17N5O/c1-2-9-22-16-7-3-6-14(20-16)19-15-11-21(12-18-15)13-5-4-8-17-10-13/h3-8,10-12H,2,9H2,1H3,(H,19,20). The summed E-state index contributed by atoms with van der Waals surface area (Å²) in [6.45, 7) is 2.72. The third-order valence-corrected chi connectivity index (χ3v) is 2.96. The van der Waals surface area contributed by atoms with Crippen molar-refractivity contribution in [2.45, 2.75) is 13.3 Å². The maximum Gasteiger partial charge on any atom is 0.215 e. The molecule has 0 unspecified atom stereocenters.